The molecule has 0 bridgehead atoms. The molecule has 0 saturated heterocycles. The van der Waals surface area contributed by atoms with Gasteiger partial charge in [-0.15, -0.1) is 0 Å². The van der Waals surface area contributed by atoms with Gasteiger partial charge in [-0.05, 0) is 42.3 Å². The second-order valence-corrected chi connectivity index (χ2v) is 4.65. The summed E-state index contributed by atoms with van der Waals surface area (Å²) in [7, 11) is 0. The molecule has 0 radical (unpaired) electrons. The molecule has 0 fully saturated rings. The van der Waals surface area contributed by atoms with Crippen LogP contribution in [0.2, 0.25) is 0 Å². The third-order valence-corrected chi connectivity index (χ3v) is 3.04. The van der Waals surface area contributed by atoms with E-state index in [2.05, 4.69) is 11.4 Å². The zero-order valence-corrected chi connectivity index (χ0v) is 12.0. The Morgan fingerprint density at radius 2 is 1.90 bits per heavy atom. The molecular weight excluding hydrogens is 264 g/mol. The highest BCUT2D eigenvalue weighted by molar-refractivity contribution is 5.41. The van der Waals surface area contributed by atoms with Crippen molar-refractivity contribution < 1.29 is 9.84 Å². The maximum Gasteiger partial charge on any atom is 0.161 e. The number of rotatable bonds is 6. The van der Waals surface area contributed by atoms with Crippen LogP contribution in [0, 0.1) is 11.3 Å². The summed E-state index contributed by atoms with van der Waals surface area (Å²) in [6.07, 6.45) is 0. The van der Waals surface area contributed by atoms with Gasteiger partial charge in [0.1, 0.15) is 0 Å². The Morgan fingerprint density at radius 3 is 2.62 bits per heavy atom. The number of hydrogen-bond acceptors (Lipinski definition) is 4. The summed E-state index contributed by atoms with van der Waals surface area (Å²) in [5.41, 5.74) is 2.77. The first-order chi connectivity index (χ1) is 10.2. The Hall–Kier alpha value is -2.51. The molecule has 0 unspecified atom stereocenters. The van der Waals surface area contributed by atoms with Crippen molar-refractivity contribution in [1.82, 2.24) is 5.32 Å². The predicted octanol–water partition coefficient (Wildman–Crippen LogP) is 2.95. The first kappa shape index (κ1) is 14.9. The topological polar surface area (TPSA) is 65.3 Å². The molecule has 4 heteroatoms. The van der Waals surface area contributed by atoms with Crippen molar-refractivity contribution in [3.63, 3.8) is 0 Å². The van der Waals surface area contributed by atoms with Crippen LogP contribution in [0.3, 0.4) is 0 Å². The standard InChI is InChI=1S/C17H18N2O2/c1-2-21-17-9-15(6-7-16(17)20)12-19-11-14-5-3-4-13(8-14)10-18/h3-9,19-20H,2,11-12H2,1H3. The van der Waals surface area contributed by atoms with Crippen molar-refractivity contribution in [2.45, 2.75) is 20.0 Å². The predicted molar refractivity (Wildman–Crippen MR) is 81.0 cm³/mol. The van der Waals surface area contributed by atoms with E-state index in [1.807, 2.05) is 37.3 Å². The lowest BCUT2D eigenvalue weighted by Gasteiger charge is -2.09. The van der Waals surface area contributed by atoms with Crippen LogP contribution in [0.5, 0.6) is 11.5 Å². The molecule has 2 aromatic rings. The fourth-order valence-electron chi connectivity index (χ4n) is 2.04. The van der Waals surface area contributed by atoms with Crippen molar-refractivity contribution in [2.75, 3.05) is 6.61 Å². The summed E-state index contributed by atoms with van der Waals surface area (Å²) in [5.74, 6) is 0.658. The highest BCUT2D eigenvalue weighted by Crippen LogP contribution is 2.26. The molecule has 0 aliphatic carbocycles. The maximum atomic E-state index is 9.65. The Kier molecular flexibility index (Phi) is 5.19. The van der Waals surface area contributed by atoms with E-state index in [1.54, 1.807) is 12.1 Å². The van der Waals surface area contributed by atoms with Crippen LogP contribution in [0.25, 0.3) is 0 Å². The van der Waals surface area contributed by atoms with Gasteiger partial charge in [0.2, 0.25) is 0 Å². The highest BCUT2D eigenvalue weighted by Gasteiger charge is 2.03. The Labute approximate surface area is 124 Å². The van der Waals surface area contributed by atoms with E-state index in [0.717, 1.165) is 11.1 Å². The Bertz CT molecular complexity index is 647. The molecule has 0 heterocycles. The van der Waals surface area contributed by atoms with Gasteiger partial charge in [-0.3, -0.25) is 0 Å². The van der Waals surface area contributed by atoms with Gasteiger partial charge in [-0.1, -0.05) is 18.2 Å². The third kappa shape index (κ3) is 4.23. The van der Waals surface area contributed by atoms with Crippen LogP contribution in [0.1, 0.15) is 23.6 Å². The fraction of sp³-hybridized carbons (Fsp3) is 0.235. The van der Waals surface area contributed by atoms with Gasteiger partial charge < -0.3 is 15.2 Å². The van der Waals surface area contributed by atoms with Crippen molar-refractivity contribution >= 4 is 0 Å². The Balaban J connectivity index is 1.94. The average molecular weight is 282 g/mol. The number of hydrogen-bond donors (Lipinski definition) is 2. The highest BCUT2D eigenvalue weighted by atomic mass is 16.5. The van der Waals surface area contributed by atoms with Gasteiger partial charge in [0.05, 0.1) is 18.2 Å². The minimum Gasteiger partial charge on any atom is -0.504 e. The van der Waals surface area contributed by atoms with Crippen LogP contribution < -0.4 is 10.1 Å². The average Bonchev–Trinajstić information content (AvgIpc) is 2.51. The number of phenolic OH excluding ortho intramolecular Hbond substituents is 1. The molecule has 0 amide bonds. The molecule has 4 nitrogen and oxygen atoms in total. The molecule has 108 valence electrons. The molecule has 0 aliphatic rings. The second kappa shape index (κ2) is 7.32. The minimum atomic E-state index is 0.155. The van der Waals surface area contributed by atoms with Crippen LogP contribution in [0.15, 0.2) is 42.5 Å². The maximum absolute atomic E-state index is 9.65. The van der Waals surface area contributed by atoms with Crippen LogP contribution in [-0.2, 0) is 13.1 Å². The van der Waals surface area contributed by atoms with E-state index >= 15 is 0 Å². The lowest BCUT2D eigenvalue weighted by atomic mass is 10.1. The summed E-state index contributed by atoms with van der Waals surface area (Å²) in [4.78, 5) is 0. The van der Waals surface area contributed by atoms with E-state index in [4.69, 9.17) is 10.00 Å². The number of phenols is 1. The van der Waals surface area contributed by atoms with E-state index < -0.39 is 0 Å². The lowest BCUT2D eigenvalue weighted by Crippen LogP contribution is -2.12. The summed E-state index contributed by atoms with van der Waals surface area (Å²) >= 11 is 0. The van der Waals surface area contributed by atoms with Gasteiger partial charge >= 0.3 is 0 Å². The Morgan fingerprint density at radius 1 is 1.14 bits per heavy atom. The molecule has 0 aliphatic heterocycles. The van der Waals surface area contributed by atoms with Crippen LogP contribution in [-0.4, -0.2) is 11.7 Å². The number of nitriles is 1. The van der Waals surface area contributed by atoms with E-state index in [-0.39, 0.29) is 5.75 Å². The molecular formula is C17H18N2O2. The first-order valence-corrected chi connectivity index (χ1v) is 6.87. The first-order valence-electron chi connectivity index (χ1n) is 6.87. The molecule has 0 atom stereocenters. The molecule has 21 heavy (non-hydrogen) atoms. The van der Waals surface area contributed by atoms with Gasteiger partial charge in [-0.25, -0.2) is 0 Å². The second-order valence-electron chi connectivity index (χ2n) is 4.65. The van der Waals surface area contributed by atoms with Crippen molar-refractivity contribution in [2.24, 2.45) is 0 Å². The molecule has 0 saturated carbocycles. The molecule has 2 N–H and O–H groups in total. The molecule has 2 aromatic carbocycles. The number of ether oxygens (including phenoxy) is 1. The molecule has 2 rings (SSSR count). The largest absolute Gasteiger partial charge is 0.504 e. The number of benzene rings is 2. The fourth-order valence-corrected chi connectivity index (χ4v) is 2.04. The van der Waals surface area contributed by atoms with Gasteiger partial charge in [0, 0.05) is 13.1 Å². The monoisotopic (exact) mass is 282 g/mol. The van der Waals surface area contributed by atoms with Crippen LogP contribution in [0.4, 0.5) is 0 Å². The molecule has 0 aromatic heterocycles. The molecule has 0 spiro atoms. The van der Waals surface area contributed by atoms with Crippen LogP contribution >= 0.6 is 0 Å². The van der Waals surface area contributed by atoms with Gasteiger partial charge in [-0.2, -0.15) is 5.26 Å². The summed E-state index contributed by atoms with van der Waals surface area (Å²) in [6, 6.07) is 15.0. The minimum absolute atomic E-state index is 0.155. The van der Waals surface area contributed by atoms with Gasteiger partial charge in [0.15, 0.2) is 11.5 Å². The van der Waals surface area contributed by atoms with E-state index in [1.165, 1.54) is 0 Å². The van der Waals surface area contributed by atoms with Crippen molar-refractivity contribution in [3.8, 4) is 17.6 Å². The van der Waals surface area contributed by atoms with Crippen molar-refractivity contribution in [1.29, 1.82) is 5.26 Å². The third-order valence-electron chi connectivity index (χ3n) is 3.04. The van der Waals surface area contributed by atoms with Gasteiger partial charge in [0.25, 0.3) is 0 Å². The quantitative estimate of drug-likeness (QED) is 0.855. The summed E-state index contributed by atoms with van der Waals surface area (Å²) in [6.45, 7) is 3.75. The lowest BCUT2D eigenvalue weighted by molar-refractivity contribution is 0.317. The van der Waals surface area contributed by atoms with E-state index in [0.29, 0.717) is 31.0 Å². The number of aromatic hydroxyl groups is 1. The SMILES string of the molecule is CCOc1cc(CNCc2cccc(C#N)c2)ccc1O. The smallest absolute Gasteiger partial charge is 0.161 e. The number of nitrogens with one attached hydrogen (secondary N) is 1. The zero-order chi connectivity index (χ0) is 15.1. The van der Waals surface area contributed by atoms with E-state index in [9.17, 15) is 5.11 Å². The zero-order valence-electron chi connectivity index (χ0n) is 12.0. The number of nitrogens with zero attached hydrogens (tertiary/aromatic N) is 1. The summed E-state index contributed by atoms with van der Waals surface area (Å²) < 4.78 is 5.36. The van der Waals surface area contributed by atoms with Crippen molar-refractivity contribution in [3.05, 3.63) is 59.2 Å². The normalized spacial score (nSPS) is 10.1. The summed E-state index contributed by atoms with van der Waals surface area (Å²) in [5, 5.41) is 21.8.